The molecule has 0 spiro atoms. The average molecular weight is 592 g/mol. The van der Waals surface area contributed by atoms with Gasteiger partial charge in [-0.1, -0.05) is 142 Å². The zero-order valence-corrected chi connectivity index (χ0v) is 26.4. The standard InChI is InChI=1S/C44H35N2/c1-44(2,3)36-19-16-31(17-20-36)42-37-8-4-6-10-39(37)43(40-11-7-5-9-38(40)42)33-15-13-29-12-14-32(26-35(29)27-33)34-18-21-41(46-28-34)30-22-24-45-25-23-30/h4-28,41H,1-3H3/q-1. The zero-order valence-electron chi connectivity index (χ0n) is 26.4. The summed E-state index contributed by atoms with van der Waals surface area (Å²) in [6, 6.07) is 44.6. The summed E-state index contributed by atoms with van der Waals surface area (Å²) in [5, 5.41) is 12.4. The number of hydrogen-bond donors (Lipinski definition) is 0. The Morgan fingerprint density at radius 2 is 1.11 bits per heavy atom. The summed E-state index contributed by atoms with van der Waals surface area (Å²) >= 11 is 0. The molecule has 2 nitrogen and oxygen atoms in total. The number of rotatable bonds is 4. The van der Waals surface area contributed by atoms with Crippen LogP contribution in [0.2, 0.25) is 0 Å². The molecule has 46 heavy (non-hydrogen) atoms. The second kappa shape index (κ2) is 11.2. The van der Waals surface area contributed by atoms with Crippen LogP contribution in [0.4, 0.5) is 0 Å². The van der Waals surface area contributed by atoms with E-state index in [-0.39, 0.29) is 11.5 Å². The number of hydrogen-bond acceptors (Lipinski definition) is 1. The molecule has 1 aliphatic heterocycles. The van der Waals surface area contributed by atoms with Crippen molar-refractivity contribution in [3.63, 3.8) is 0 Å². The predicted octanol–water partition coefficient (Wildman–Crippen LogP) is 12.2. The molecule has 1 atom stereocenters. The third-order valence-electron chi connectivity index (χ3n) is 9.31. The van der Waals surface area contributed by atoms with E-state index >= 15 is 0 Å². The molecule has 0 fully saturated rings. The lowest BCUT2D eigenvalue weighted by molar-refractivity contribution is 0.590. The van der Waals surface area contributed by atoms with E-state index in [0.29, 0.717) is 0 Å². The maximum atomic E-state index is 4.84. The van der Waals surface area contributed by atoms with Crippen LogP contribution in [0.3, 0.4) is 0 Å². The van der Waals surface area contributed by atoms with Crippen LogP contribution in [-0.4, -0.2) is 4.98 Å². The van der Waals surface area contributed by atoms with Gasteiger partial charge in [0.15, 0.2) is 0 Å². The first-order chi connectivity index (χ1) is 22.4. The van der Waals surface area contributed by atoms with E-state index in [1.165, 1.54) is 65.7 Å². The molecule has 1 unspecified atom stereocenters. The maximum absolute atomic E-state index is 4.84. The highest BCUT2D eigenvalue weighted by atomic mass is 14.9. The summed E-state index contributed by atoms with van der Waals surface area (Å²) in [4.78, 5) is 4.14. The van der Waals surface area contributed by atoms with Crippen LogP contribution in [0.1, 0.15) is 43.5 Å². The summed E-state index contributed by atoms with van der Waals surface area (Å²) in [7, 11) is 0. The number of aromatic nitrogens is 1. The Hall–Kier alpha value is -5.47. The summed E-state index contributed by atoms with van der Waals surface area (Å²) in [6.45, 7) is 6.81. The van der Waals surface area contributed by atoms with Gasteiger partial charge in [0.05, 0.1) is 0 Å². The van der Waals surface area contributed by atoms with Gasteiger partial charge < -0.3 is 5.32 Å². The molecule has 0 bridgehead atoms. The lowest BCUT2D eigenvalue weighted by Crippen LogP contribution is -2.10. The molecule has 0 aliphatic carbocycles. The van der Waals surface area contributed by atoms with Crippen molar-refractivity contribution in [3.05, 3.63) is 174 Å². The van der Waals surface area contributed by atoms with E-state index < -0.39 is 0 Å². The second-order valence-electron chi connectivity index (χ2n) is 13.3. The molecule has 0 N–H and O–H groups in total. The first kappa shape index (κ1) is 28.0. The Morgan fingerprint density at radius 3 is 1.67 bits per heavy atom. The van der Waals surface area contributed by atoms with Gasteiger partial charge in [-0.15, -0.1) is 0 Å². The van der Waals surface area contributed by atoms with Crippen molar-refractivity contribution in [2.45, 2.75) is 32.2 Å². The first-order valence-electron chi connectivity index (χ1n) is 16.0. The molecule has 1 aliphatic rings. The third-order valence-corrected chi connectivity index (χ3v) is 9.31. The van der Waals surface area contributed by atoms with Crippen LogP contribution in [0, 0.1) is 0 Å². The first-order valence-corrected chi connectivity index (χ1v) is 16.0. The van der Waals surface area contributed by atoms with Gasteiger partial charge >= 0.3 is 0 Å². The molecular formula is C44H35N2-. The summed E-state index contributed by atoms with van der Waals surface area (Å²) < 4.78 is 0. The molecule has 222 valence electrons. The largest absolute Gasteiger partial charge is 0.681 e. The van der Waals surface area contributed by atoms with Gasteiger partial charge in [-0.25, -0.2) is 0 Å². The SMILES string of the molecule is CC(C)(C)c1ccc(-c2c3ccccc3c(-c3ccc4ccc(C5=C[N-]C(c6ccncc6)C=C5)cc4c3)c3ccccc23)cc1. The topological polar surface area (TPSA) is 27.0 Å². The van der Waals surface area contributed by atoms with Gasteiger partial charge in [0.2, 0.25) is 0 Å². The van der Waals surface area contributed by atoms with Crippen LogP contribution in [0.15, 0.2) is 152 Å². The Kier molecular flexibility index (Phi) is 6.80. The predicted molar refractivity (Wildman–Crippen MR) is 196 cm³/mol. The lowest BCUT2D eigenvalue weighted by Gasteiger charge is -2.31. The monoisotopic (exact) mass is 591 g/mol. The quantitative estimate of drug-likeness (QED) is 0.187. The molecule has 2 heterocycles. The van der Waals surface area contributed by atoms with E-state index in [0.717, 1.165) is 11.1 Å². The fourth-order valence-electron chi connectivity index (χ4n) is 6.85. The maximum Gasteiger partial charge on any atom is 0.0270 e. The Labute approximate surface area is 270 Å². The molecule has 8 rings (SSSR count). The molecule has 6 aromatic carbocycles. The number of benzene rings is 6. The van der Waals surface area contributed by atoms with Crippen molar-refractivity contribution in [1.82, 2.24) is 4.98 Å². The number of nitrogens with zero attached hydrogens (tertiary/aromatic N) is 2. The van der Waals surface area contributed by atoms with Crippen molar-refractivity contribution >= 4 is 37.9 Å². The zero-order chi connectivity index (χ0) is 31.3. The van der Waals surface area contributed by atoms with Gasteiger partial charge in [0, 0.05) is 12.4 Å². The van der Waals surface area contributed by atoms with Gasteiger partial charge in [0.25, 0.3) is 0 Å². The van der Waals surface area contributed by atoms with E-state index in [1.807, 2.05) is 30.7 Å². The Morgan fingerprint density at radius 1 is 0.565 bits per heavy atom. The fraction of sp³-hybridized carbons (Fsp3) is 0.114. The van der Waals surface area contributed by atoms with Crippen LogP contribution < -0.4 is 0 Å². The van der Waals surface area contributed by atoms with Crippen molar-refractivity contribution < 1.29 is 0 Å². The molecule has 0 radical (unpaired) electrons. The van der Waals surface area contributed by atoms with E-state index in [9.17, 15) is 0 Å². The minimum Gasteiger partial charge on any atom is -0.681 e. The lowest BCUT2D eigenvalue weighted by atomic mass is 9.83. The van der Waals surface area contributed by atoms with Crippen molar-refractivity contribution in [3.8, 4) is 22.3 Å². The normalized spacial score (nSPS) is 14.8. The number of allylic oxidation sites excluding steroid dienone is 2. The molecule has 0 saturated carbocycles. The molecule has 1 aromatic heterocycles. The fourth-order valence-corrected chi connectivity index (χ4v) is 6.85. The second-order valence-corrected chi connectivity index (χ2v) is 13.3. The van der Waals surface area contributed by atoms with Crippen LogP contribution in [0.5, 0.6) is 0 Å². The average Bonchev–Trinajstić information content (AvgIpc) is 3.10. The summed E-state index contributed by atoms with van der Waals surface area (Å²) in [5.41, 5.74) is 9.95. The smallest absolute Gasteiger partial charge is 0.0270 e. The van der Waals surface area contributed by atoms with Crippen LogP contribution in [0.25, 0.3) is 65.5 Å². The Balaban J connectivity index is 1.24. The van der Waals surface area contributed by atoms with E-state index in [2.05, 4.69) is 147 Å². The third kappa shape index (κ3) is 4.97. The summed E-state index contributed by atoms with van der Waals surface area (Å²) in [6.07, 6.45) is 10.0. The minimum atomic E-state index is 0.0276. The summed E-state index contributed by atoms with van der Waals surface area (Å²) in [5.74, 6) is 0. The molecule has 0 saturated heterocycles. The van der Waals surface area contributed by atoms with E-state index in [1.54, 1.807) is 0 Å². The van der Waals surface area contributed by atoms with Crippen LogP contribution >= 0.6 is 0 Å². The number of fused-ring (bicyclic) bond motifs is 3. The van der Waals surface area contributed by atoms with Crippen molar-refractivity contribution in [2.24, 2.45) is 0 Å². The molecular weight excluding hydrogens is 556 g/mol. The number of pyridine rings is 1. The van der Waals surface area contributed by atoms with Gasteiger partial charge in [0.1, 0.15) is 0 Å². The minimum absolute atomic E-state index is 0.0276. The van der Waals surface area contributed by atoms with Gasteiger partial charge in [-0.3, -0.25) is 4.98 Å². The van der Waals surface area contributed by atoms with Gasteiger partial charge in [-0.05, 0) is 101 Å². The van der Waals surface area contributed by atoms with E-state index in [4.69, 9.17) is 5.32 Å². The van der Waals surface area contributed by atoms with Crippen molar-refractivity contribution in [1.29, 1.82) is 0 Å². The highest BCUT2D eigenvalue weighted by Gasteiger charge is 2.18. The van der Waals surface area contributed by atoms with Crippen LogP contribution in [-0.2, 0) is 5.41 Å². The highest BCUT2D eigenvalue weighted by molar-refractivity contribution is 6.21. The van der Waals surface area contributed by atoms with Crippen molar-refractivity contribution in [2.75, 3.05) is 0 Å². The molecule has 0 amide bonds. The molecule has 2 heteroatoms. The van der Waals surface area contributed by atoms with Gasteiger partial charge in [-0.2, -0.15) is 6.20 Å². The molecule has 7 aromatic rings. The Bertz CT molecular complexity index is 2250. The highest BCUT2D eigenvalue weighted by Crippen LogP contribution is 2.44.